The molecule has 1 N–H and O–H groups in total. The van der Waals surface area contributed by atoms with Crippen LogP contribution in [0.2, 0.25) is 0 Å². The van der Waals surface area contributed by atoms with E-state index < -0.39 is 5.60 Å². The summed E-state index contributed by atoms with van der Waals surface area (Å²) in [5.74, 6) is 3.20. The van der Waals surface area contributed by atoms with Crippen molar-refractivity contribution in [2.24, 2.45) is 39.9 Å². The third kappa shape index (κ3) is 1.48. The van der Waals surface area contributed by atoms with Crippen LogP contribution < -0.4 is 0 Å². The Morgan fingerprint density at radius 1 is 1.17 bits per heavy atom. The third-order valence-corrected chi connectivity index (χ3v) is 9.93. The predicted molar refractivity (Wildman–Crippen MR) is 94.3 cm³/mol. The number of fused-ring (bicyclic) bond motifs is 3. The van der Waals surface area contributed by atoms with Gasteiger partial charge >= 0.3 is 0 Å². The van der Waals surface area contributed by atoms with Gasteiger partial charge in [0.25, 0.3) is 0 Å². The van der Waals surface area contributed by atoms with Gasteiger partial charge in [-0.3, -0.25) is 4.79 Å². The van der Waals surface area contributed by atoms with Crippen molar-refractivity contribution in [2.45, 2.75) is 78.2 Å². The molecule has 0 radical (unpaired) electrons. The molecular weight excluding hydrogens is 296 g/mol. The maximum absolute atomic E-state index is 12.0. The fourth-order valence-electron chi connectivity index (χ4n) is 8.53. The van der Waals surface area contributed by atoms with Gasteiger partial charge in [-0.2, -0.15) is 0 Å². The number of rotatable bonds is 0. The van der Waals surface area contributed by atoms with E-state index in [1.54, 1.807) is 0 Å². The van der Waals surface area contributed by atoms with Gasteiger partial charge in [-0.05, 0) is 86.0 Å². The molecule has 4 fully saturated rings. The highest BCUT2D eigenvalue weighted by Gasteiger charge is 2.81. The molecule has 5 rings (SSSR count). The monoisotopic (exact) mass is 328 g/mol. The number of carbonyl (C=O) groups is 1. The second-order valence-electron chi connectivity index (χ2n) is 10.7. The molecule has 0 aromatic heterocycles. The number of carbonyl (C=O) groups excluding carboxylic acids is 1. The van der Waals surface area contributed by atoms with E-state index in [-0.39, 0.29) is 10.8 Å². The summed E-state index contributed by atoms with van der Waals surface area (Å²) in [6.45, 7) is 9.40. The lowest BCUT2D eigenvalue weighted by atomic mass is 9.42. The van der Waals surface area contributed by atoms with Crippen LogP contribution in [0.4, 0.5) is 0 Å². The molecule has 0 bridgehead atoms. The minimum atomic E-state index is -0.486. The molecule has 0 aliphatic heterocycles. The van der Waals surface area contributed by atoms with Gasteiger partial charge in [-0.15, -0.1) is 0 Å². The molecule has 0 saturated heterocycles. The van der Waals surface area contributed by atoms with Gasteiger partial charge in [0, 0.05) is 11.8 Å². The molecule has 0 aromatic rings. The Kier molecular flexibility index (Phi) is 2.73. The summed E-state index contributed by atoms with van der Waals surface area (Å²) in [5, 5.41) is 11.2. The van der Waals surface area contributed by atoms with Crippen LogP contribution in [0.1, 0.15) is 72.6 Å². The van der Waals surface area contributed by atoms with E-state index in [0.29, 0.717) is 23.0 Å². The molecule has 24 heavy (non-hydrogen) atoms. The van der Waals surface area contributed by atoms with Crippen molar-refractivity contribution < 1.29 is 9.90 Å². The fraction of sp³-hybridized carbons (Fsp3) is 0.864. The summed E-state index contributed by atoms with van der Waals surface area (Å²) >= 11 is 0. The zero-order valence-corrected chi connectivity index (χ0v) is 15.7. The normalized spacial score (nSPS) is 61.4. The van der Waals surface area contributed by atoms with Gasteiger partial charge < -0.3 is 5.11 Å². The van der Waals surface area contributed by atoms with E-state index in [9.17, 15) is 9.90 Å². The number of aliphatic hydroxyl groups is 1. The molecule has 2 nitrogen and oxygen atoms in total. The van der Waals surface area contributed by atoms with Crippen molar-refractivity contribution in [3.05, 3.63) is 11.6 Å². The van der Waals surface area contributed by atoms with Gasteiger partial charge in [-0.25, -0.2) is 0 Å². The highest BCUT2D eigenvalue weighted by molar-refractivity contribution is 5.91. The zero-order chi connectivity index (χ0) is 17.1. The lowest BCUT2D eigenvalue weighted by Crippen LogP contribution is -2.58. The number of ketones is 1. The highest BCUT2D eigenvalue weighted by atomic mass is 16.3. The van der Waals surface area contributed by atoms with Crippen LogP contribution in [0.3, 0.4) is 0 Å². The topological polar surface area (TPSA) is 37.3 Å². The van der Waals surface area contributed by atoms with E-state index in [2.05, 4.69) is 27.7 Å². The van der Waals surface area contributed by atoms with E-state index in [4.69, 9.17) is 0 Å². The first-order chi connectivity index (χ1) is 11.2. The molecule has 8 atom stereocenters. The van der Waals surface area contributed by atoms with Gasteiger partial charge in [0.1, 0.15) is 0 Å². The van der Waals surface area contributed by atoms with Crippen molar-refractivity contribution >= 4 is 5.78 Å². The van der Waals surface area contributed by atoms with Gasteiger partial charge in [0.05, 0.1) is 5.60 Å². The van der Waals surface area contributed by atoms with Crippen LogP contribution in [0, 0.1) is 39.9 Å². The third-order valence-electron chi connectivity index (χ3n) is 9.93. The average molecular weight is 328 g/mol. The minimum absolute atomic E-state index is 0.0994. The van der Waals surface area contributed by atoms with E-state index in [0.717, 1.165) is 37.5 Å². The second-order valence-corrected chi connectivity index (χ2v) is 10.7. The van der Waals surface area contributed by atoms with Crippen LogP contribution >= 0.6 is 0 Å². The van der Waals surface area contributed by atoms with Crippen molar-refractivity contribution in [3.8, 4) is 0 Å². The molecule has 2 heteroatoms. The first-order valence-corrected chi connectivity index (χ1v) is 10.1. The molecule has 0 amide bonds. The Bertz CT molecular complexity index is 661. The average Bonchev–Trinajstić information content (AvgIpc) is 3.14. The van der Waals surface area contributed by atoms with E-state index in [1.165, 1.54) is 24.8 Å². The Hall–Kier alpha value is -0.630. The summed E-state index contributed by atoms with van der Waals surface area (Å²) in [4.78, 5) is 12.0. The molecule has 0 aromatic carbocycles. The van der Waals surface area contributed by atoms with Crippen molar-refractivity contribution in [3.63, 3.8) is 0 Å². The van der Waals surface area contributed by atoms with Gasteiger partial charge in [0.15, 0.2) is 5.78 Å². The summed E-state index contributed by atoms with van der Waals surface area (Å²) < 4.78 is 0. The van der Waals surface area contributed by atoms with Crippen LogP contribution in [0.15, 0.2) is 11.6 Å². The molecular formula is C22H32O2. The molecule has 5 aliphatic rings. The summed E-state index contributed by atoms with van der Waals surface area (Å²) in [5.41, 5.74) is 1.69. The Morgan fingerprint density at radius 2 is 1.92 bits per heavy atom. The van der Waals surface area contributed by atoms with E-state index >= 15 is 0 Å². The van der Waals surface area contributed by atoms with Crippen molar-refractivity contribution in [1.29, 1.82) is 0 Å². The van der Waals surface area contributed by atoms with Crippen molar-refractivity contribution in [1.82, 2.24) is 0 Å². The first-order valence-electron chi connectivity index (χ1n) is 10.1. The van der Waals surface area contributed by atoms with Crippen molar-refractivity contribution in [2.75, 3.05) is 0 Å². The Balaban J connectivity index is 1.62. The van der Waals surface area contributed by atoms with Crippen LogP contribution in [-0.2, 0) is 4.79 Å². The molecule has 4 saturated carbocycles. The van der Waals surface area contributed by atoms with Gasteiger partial charge in [0.2, 0.25) is 0 Å². The Morgan fingerprint density at radius 3 is 2.67 bits per heavy atom. The van der Waals surface area contributed by atoms with Gasteiger partial charge in [-0.1, -0.05) is 26.3 Å². The number of hydrogen-bond acceptors (Lipinski definition) is 2. The first kappa shape index (κ1) is 15.6. The van der Waals surface area contributed by atoms with Crippen LogP contribution in [-0.4, -0.2) is 16.5 Å². The molecule has 1 spiro atoms. The number of allylic oxidation sites excluding steroid dienone is 1. The smallest absolute Gasteiger partial charge is 0.155 e. The summed E-state index contributed by atoms with van der Waals surface area (Å²) in [7, 11) is 0. The lowest BCUT2D eigenvalue weighted by Gasteiger charge is -2.62. The number of hydrogen-bond donors (Lipinski definition) is 1. The zero-order valence-electron chi connectivity index (χ0n) is 15.7. The standard InChI is InChI=1S/C22H32O2/c1-13-9-14-10-16(23)5-7-19(14,2)17-6-8-20(3)21(4,24)11-15-12-22(15,20)18(13)17/h10,13,15,17-18,24H,5-9,11-12H2,1-4H3/t13-,15+,17+,18-,19+,20-,21-,22-/m1/s1. The quantitative estimate of drug-likeness (QED) is 0.710. The highest BCUT2D eigenvalue weighted by Crippen LogP contribution is 2.85. The SMILES string of the molecule is C[C@@H]1CC2=CC(=O)CC[C@]2(C)[C@H]2CC[C@@]3(C)[C@@]4(C[C@@H]4C[C@@]3(C)O)[C@H]12. The van der Waals surface area contributed by atoms with E-state index in [1.807, 2.05) is 6.08 Å². The molecule has 5 aliphatic carbocycles. The Labute approximate surface area is 146 Å². The van der Waals surface area contributed by atoms with Crippen LogP contribution in [0.5, 0.6) is 0 Å². The largest absolute Gasteiger partial charge is 0.390 e. The predicted octanol–water partition coefficient (Wildman–Crippen LogP) is 4.52. The maximum Gasteiger partial charge on any atom is 0.155 e. The lowest BCUT2D eigenvalue weighted by molar-refractivity contribution is -0.156. The molecule has 0 heterocycles. The van der Waals surface area contributed by atoms with Crippen LogP contribution in [0.25, 0.3) is 0 Å². The maximum atomic E-state index is 12.0. The fourth-order valence-corrected chi connectivity index (χ4v) is 8.53. The summed E-state index contributed by atoms with van der Waals surface area (Å²) in [6.07, 6.45) is 9.67. The summed E-state index contributed by atoms with van der Waals surface area (Å²) in [6, 6.07) is 0. The second kappa shape index (κ2) is 4.19. The minimum Gasteiger partial charge on any atom is -0.390 e. The molecule has 0 unspecified atom stereocenters. The molecule has 132 valence electrons.